The average molecular weight is 385 g/mol. The molecule has 21 heavy (non-hydrogen) atoms. The summed E-state index contributed by atoms with van der Waals surface area (Å²) >= 11 is 2.79. The van der Waals surface area contributed by atoms with Gasteiger partial charge in [0.15, 0.2) is 0 Å². The molecule has 0 heterocycles. The summed E-state index contributed by atoms with van der Waals surface area (Å²) in [5.41, 5.74) is 0. The fourth-order valence-electron chi connectivity index (χ4n) is 1.40. The number of amides is 1. The Balaban J connectivity index is 2.82. The van der Waals surface area contributed by atoms with Gasteiger partial charge in [-0.05, 0) is 27.9 Å². The summed E-state index contributed by atoms with van der Waals surface area (Å²) in [4.78, 5) is 10.7. The van der Waals surface area contributed by atoms with Crippen molar-refractivity contribution in [3.05, 3.63) is 28.2 Å². The molecule has 118 valence electrons. The van der Waals surface area contributed by atoms with Crippen molar-refractivity contribution in [2.45, 2.75) is 18.7 Å². The highest BCUT2D eigenvalue weighted by atomic mass is 79.9. The molecule has 0 aromatic heterocycles. The second-order valence-corrected chi connectivity index (χ2v) is 7.28. The van der Waals surface area contributed by atoms with Crippen molar-refractivity contribution in [2.24, 2.45) is 5.92 Å². The van der Waals surface area contributed by atoms with Gasteiger partial charge in [-0.15, -0.1) is 0 Å². The zero-order valence-corrected chi connectivity index (χ0v) is 13.8. The first-order valence-electron chi connectivity index (χ1n) is 6.04. The van der Waals surface area contributed by atoms with Crippen molar-refractivity contribution in [1.82, 2.24) is 10.0 Å². The van der Waals surface area contributed by atoms with Gasteiger partial charge in [-0.1, -0.05) is 13.8 Å². The predicted molar refractivity (Wildman–Crippen MR) is 77.1 cm³/mol. The molecule has 0 unspecified atom stereocenters. The zero-order chi connectivity index (χ0) is 16.2. The van der Waals surface area contributed by atoms with E-state index < -0.39 is 39.0 Å². The molecule has 0 atom stereocenters. The van der Waals surface area contributed by atoms with E-state index in [1.807, 2.05) is 18.6 Å². The van der Waals surface area contributed by atoms with Gasteiger partial charge in [-0.2, -0.15) is 0 Å². The van der Waals surface area contributed by atoms with Crippen LogP contribution in [0, 0.1) is 17.6 Å². The van der Waals surface area contributed by atoms with Crippen molar-refractivity contribution in [1.29, 1.82) is 0 Å². The first-order valence-corrected chi connectivity index (χ1v) is 8.32. The number of sulfonamides is 1. The number of carbonyl (C=O) groups excluding carboxylic acids is 1. The number of rotatable bonds is 6. The second-order valence-electron chi connectivity index (χ2n) is 4.72. The Bertz CT molecular complexity index is 612. The van der Waals surface area contributed by atoms with Gasteiger partial charge in [0.25, 0.3) is 0 Å². The van der Waals surface area contributed by atoms with Crippen molar-refractivity contribution in [3.63, 3.8) is 0 Å². The van der Waals surface area contributed by atoms with E-state index in [-0.39, 0.29) is 10.4 Å². The van der Waals surface area contributed by atoms with Crippen LogP contribution in [-0.4, -0.2) is 27.4 Å². The van der Waals surface area contributed by atoms with E-state index in [0.717, 1.165) is 6.07 Å². The molecule has 5 nitrogen and oxygen atoms in total. The van der Waals surface area contributed by atoms with Gasteiger partial charge in [0.1, 0.15) is 16.5 Å². The van der Waals surface area contributed by atoms with Crippen LogP contribution in [0.5, 0.6) is 0 Å². The van der Waals surface area contributed by atoms with E-state index in [1.54, 1.807) is 0 Å². The van der Waals surface area contributed by atoms with Gasteiger partial charge in [0.05, 0.1) is 6.54 Å². The lowest BCUT2D eigenvalue weighted by Crippen LogP contribution is -2.38. The standard InChI is InChI=1S/C12H15BrF2N2O3S/c1-7(2)5-16-11(18)6-17-21(19,20)12-9(13)3-8(14)4-10(12)15/h3-4,7,17H,5-6H2,1-2H3,(H,16,18). The van der Waals surface area contributed by atoms with Gasteiger partial charge in [0, 0.05) is 17.1 Å². The van der Waals surface area contributed by atoms with Crippen molar-refractivity contribution < 1.29 is 22.0 Å². The fraction of sp³-hybridized carbons (Fsp3) is 0.417. The summed E-state index contributed by atoms with van der Waals surface area (Å²) in [6.07, 6.45) is 0. The van der Waals surface area contributed by atoms with Crippen molar-refractivity contribution >= 4 is 31.9 Å². The third-order valence-corrected chi connectivity index (χ3v) is 4.73. The summed E-state index contributed by atoms with van der Waals surface area (Å²) < 4.78 is 52.1. The molecule has 0 saturated heterocycles. The Kier molecular flexibility index (Phi) is 6.24. The molecule has 0 saturated carbocycles. The number of hydrogen-bond donors (Lipinski definition) is 2. The topological polar surface area (TPSA) is 75.3 Å². The Morgan fingerprint density at radius 1 is 1.33 bits per heavy atom. The minimum absolute atomic E-state index is 0.217. The highest BCUT2D eigenvalue weighted by molar-refractivity contribution is 9.10. The van der Waals surface area contributed by atoms with Crippen LogP contribution in [0.4, 0.5) is 8.78 Å². The molecule has 1 aromatic carbocycles. The second kappa shape index (κ2) is 7.28. The zero-order valence-electron chi connectivity index (χ0n) is 11.4. The van der Waals surface area contributed by atoms with Crippen LogP contribution < -0.4 is 10.0 Å². The SMILES string of the molecule is CC(C)CNC(=O)CNS(=O)(=O)c1c(F)cc(F)cc1Br. The van der Waals surface area contributed by atoms with Crippen LogP contribution in [0.25, 0.3) is 0 Å². The van der Waals surface area contributed by atoms with Crippen LogP contribution in [0.1, 0.15) is 13.8 Å². The number of nitrogens with one attached hydrogen (secondary N) is 2. The highest BCUT2D eigenvalue weighted by Crippen LogP contribution is 2.25. The largest absolute Gasteiger partial charge is 0.355 e. The maximum atomic E-state index is 13.6. The smallest absolute Gasteiger partial charge is 0.245 e. The molecule has 0 radical (unpaired) electrons. The van der Waals surface area contributed by atoms with E-state index in [9.17, 15) is 22.0 Å². The van der Waals surface area contributed by atoms with E-state index in [4.69, 9.17) is 0 Å². The number of benzene rings is 1. The Labute approximate surface area is 130 Å². The van der Waals surface area contributed by atoms with Gasteiger partial charge in [0.2, 0.25) is 15.9 Å². The Hall–Kier alpha value is -1.06. The lowest BCUT2D eigenvalue weighted by molar-refractivity contribution is -0.120. The molecule has 0 aliphatic carbocycles. The molecular formula is C12H15BrF2N2O3S. The molecule has 0 aliphatic heterocycles. The fourth-order valence-corrected chi connectivity index (χ4v) is 3.54. The number of halogens is 3. The van der Waals surface area contributed by atoms with E-state index in [2.05, 4.69) is 21.2 Å². The molecule has 0 fully saturated rings. The van der Waals surface area contributed by atoms with Gasteiger partial charge < -0.3 is 5.32 Å². The summed E-state index contributed by atoms with van der Waals surface area (Å²) in [6, 6.07) is 1.29. The minimum Gasteiger partial charge on any atom is -0.355 e. The molecule has 1 rings (SSSR count). The Morgan fingerprint density at radius 2 is 1.95 bits per heavy atom. The monoisotopic (exact) mass is 384 g/mol. The summed E-state index contributed by atoms with van der Waals surface area (Å²) in [5.74, 6) is -2.47. The van der Waals surface area contributed by atoms with Crippen LogP contribution >= 0.6 is 15.9 Å². The number of carbonyl (C=O) groups is 1. The summed E-state index contributed by atoms with van der Waals surface area (Å²) in [6.45, 7) is 3.64. The molecule has 0 bridgehead atoms. The Morgan fingerprint density at radius 3 is 2.48 bits per heavy atom. The third-order valence-electron chi connectivity index (χ3n) is 2.36. The van der Waals surface area contributed by atoms with Crippen LogP contribution in [-0.2, 0) is 14.8 Å². The maximum absolute atomic E-state index is 13.6. The van der Waals surface area contributed by atoms with Crippen LogP contribution in [0.15, 0.2) is 21.5 Å². The molecule has 9 heteroatoms. The lowest BCUT2D eigenvalue weighted by Gasteiger charge is -2.11. The molecule has 2 N–H and O–H groups in total. The van der Waals surface area contributed by atoms with Crippen molar-refractivity contribution in [2.75, 3.05) is 13.1 Å². The molecule has 1 aromatic rings. The minimum atomic E-state index is -4.27. The first-order chi connectivity index (χ1) is 9.63. The molecular weight excluding hydrogens is 370 g/mol. The van der Waals surface area contributed by atoms with Crippen LogP contribution in [0.3, 0.4) is 0 Å². The average Bonchev–Trinajstić information content (AvgIpc) is 2.32. The lowest BCUT2D eigenvalue weighted by atomic mass is 10.2. The van der Waals surface area contributed by atoms with Gasteiger partial charge in [-0.3, -0.25) is 4.79 Å². The molecule has 0 aliphatic rings. The highest BCUT2D eigenvalue weighted by Gasteiger charge is 2.24. The van der Waals surface area contributed by atoms with Crippen molar-refractivity contribution in [3.8, 4) is 0 Å². The first kappa shape index (κ1) is 18.0. The van der Waals surface area contributed by atoms with Gasteiger partial charge in [-0.25, -0.2) is 21.9 Å². The van der Waals surface area contributed by atoms with Gasteiger partial charge >= 0.3 is 0 Å². The third kappa shape index (κ3) is 5.33. The normalized spacial score (nSPS) is 11.7. The van der Waals surface area contributed by atoms with E-state index in [1.165, 1.54) is 0 Å². The maximum Gasteiger partial charge on any atom is 0.245 e. The molecule has 0 spiro atoms. The molecule has 1 amide bonds. The quantitative estimate of drug-likeness (QED) is 0.784. The van der Waals surface area contributed by atoms with E-state index in [0.29, 0.717) is 12.6 Å². The predicted octanol–water partition coefficient (Wildman–Crippen LogP) is 1.78. The van der Waals surface area contributed by atoms with E-state index >= 15 is 0 Å². The van der Waals surface area contributed by atoms with Crippen LogP contribution in [0.2, 0.25) is 0 Å². The summed E-state index contributed by atoms with van der Waals surface area (Å²) in [7, 11) is -4.27. The number of hydrogen-bond acceptors (Lipinski definition) is 3. The summed E-state index contributed by atoms with van der Waals surface area (Å²) in [5, 5.41) is 2.51.